The van der Waals surface area contributed by atoms with Gasteiger partial charge in [0, 0.05) is 37.9 Å². The molecule has 1 aliphatic heterocycles. The minimum absolute atomic E-state index is 0.0303. The summed E-state index contributed by atoms with van der Waals surface area (Å²) in [5.41, 5.74) is 2.08. The molecule has 0 atom stereocenters. The molecule has 1 N–H and O–H groups in total. The number of amides is 2. The van der Waals surface area contributed by atoms with Crippen LogP contribution in [0.2, 0.25) is 0 Å². The number of nitrogens with zero attached hydrogens (tertiary/aromatic N) is 3. The first-order chi connectivity index (χ1) is 13.0. The Morgan fingerprint density at radius 2 is 1.41 bits per heavy atom. The fraction of sp³-hybridized carbons (Fsp3) is 0.300. The van der Waals surface area contributed by atoms with Gasteiger partial charge < -0.3 is 14.9 Å². The summed E-state index contributed by atoms with van der Waals surface area (Å²) in [6.07, 6.45) is 2.20. The molecule has 27 heavy (non-hydrogen) atoms. The molecule has 1 fully saturated rings. The average molecular weight is 367 g/mol. The molecule has 0 bridgehead atoms. The molecule has 0 saturated carbocycles. The van der Waals surface area contributed by atoms with Gasteiger partial charge in [-0.3, -0.25) is 9.59 Å². The van der Waals surface area contributed by atoms with Crippen molar-refractivity contribution in [1.82, 2.24) is 14.8 Å². The number of pyridine rings is 1. The minimum Gasteiger partial charge on any atom is -0.477 e. The molecule has 1 aliphatic rings. The first-order valence-electron chi connectivity index (χ1n) is 8.86. The highest BCUT2D eigenvalue weighted by Crippen LogP contribution is 2.13. The summed E-state index contributed by atoms with van der Waals surface area (Å²) in [5.74, 6) is -1.37. The maximum atomic E-state index is 12.6. The molecule has 1 saturated heterocycles. The summed E-state index contributed by atoms with van der Waals surface area (Å²) in [7, 11) is 0. The smallest absolute Gasteiger partial charge is 0.354 e. The van der Waals surface area contributed by atoms with Crippen LogP contribution in [0.25, 0.3) is 0 Å². The van der Waals surface area contributed by atoms with Gasteiger partial charge in [0.15, 0.2) is 0 Å². The molecule has 2 heterocycles. The SMILES string of the molecule is CCc1ccc(C(=O)N2CCN(C(=O)c3ccc(C(=O)O)nc3)CC2)cc1. The molecule has 7 nitrogen and oxygen atoms in total. The summed E-state index contributed by atoms with van der Waals surface area (Å²) in [6.45, 7) is 3.84. The molecule has 1 aromatic heterocycles. The van der Waals surface area contributed by atoms with Crippen LogP contribution in [0.3, 0.4) is 0 Å². The van der Waals surface area contributed by atoms with Crippen LogP contribution in [0.15, 0.2) is 42.6 Å². The van der Waals surface area contributed by atoms with Gasteiger partial charge in [0.25, 0.3) is 11.8 Å². The second-order valence-electron chi connectivity index (χ2n) is 6.37. The van der Waals surface area contributed by atoms with Crippen molar-refractivity contribution in [3.8, 4) is 0 Å². The third-order valence-electron chi connectivity index (χ3n) is 4.69. The summed E-state index contributed by atoms with van der Waals surface area (Å²) in [4.78, 5) is 43.2. The van der Waals surface area contributed by atoms with E-state index in [1.54, 1.807) is 9.80 Å². The molecule has 2 amide bonds. The predicted molar refractivity (Wildman–Crippen MR) is 98.8 cm³/mol. The lowest BCUT2D eigenvalue weighted by Crippen LogP contribution is -2.50. The highest BCUT2D eigenvalue weighted by atomic mass is 16.4. The quantitative estimate of drug-likeness (QED) is 0.892. The molecular formula is C20H21N3O4. The van der Waals surface area contributed by atoms with Gasteiger partial charge in [0.05, 0.1) is 5.56 Å². The number of aryl methyl sites for hydroxylation is 1. The molecule has 1 aromatic carbocycles. The normalized spacial score (nSPS) is 14.1. The Balaban J connectivity index is 1.59. The standard InChI is InChI=1S/C20H21N3O4/c1-2-14-3-5-15(6-4-14)18(24)22-9-11-23(12-10-22)19(25)16-7-8-17(20(26)27)21-13-16/h3-8,13H,2,9-12H2,1H3,(H,26,27). The number of carboxylic acids is 1. The van der Waals surface area contributed by atoms with Crippen LogP contribution in [0.4, 0.5) is 0 Å². The molecule has 2 aromatic rings. The van der Waals surface area contributed by atoms with Crippen molar-refractivity contribution in [2.24, 2.45) is 0 Å². The van der Waals surface area contributed by atoms with Crippen molar-refractivity contribution in [2.75, 3.05) is 26.2 Å². The Morgan fingerprint density at radius 3 is 1.85 bits per heavy atom. The monoisotopic (exact) mass is 367 g/mol. The van der Waals surface area contributed by atoms with Crippen LogP contribution in [-0.4, -0.2) is 63.9 Å². The Labute approximate surface area is 157 Å². The van der Waals surface area contributed by atoms with Gasteiger partial charge in [-0.05, 0) is 36.2 Å². The third kappa shape index (κ3) is 4.13. The number of carboxylic acid groups (broad SMARTS) is 1. The summed E-state index contributed by atoms with van der Waals surface area (Å²) in [6, 6.07) is 10.4. The predicted octanol–water partition coefficient (Wildman–Crippen LogP) is 1.94. The van der Waals surface area contributed by atoms with Crippen molar-refractivity contribution in [3.05, 3.63) is 65.0 Å². The fourth-order valence-electron chi connectivity index (χ4n) is 3.01. The zero-order valence-corrected chi connectivity index (χ0v) is 15.1. The maximum Gasteiger partial charge on any atom is 0.354 e. The summed E-state index contributed by atoms with van der Waals surface area (Å²) < 4.78 is 0. The highest BCUT2D eigenvalue weighted by Gasteiger charge is 2.25. The number of hydrogen-bond donors (Lipinski definition) is 1. The van der Waals surface area contributed by atoms with Crippen molar-refractivity contribution in [1.29, 1.82) is 0 Å². The third-order valence-corrected chi connectivity index (χ3v) is 4.69. The van der Waals surface area contributed by atoms with Crippen molar-refractivity contribution in [2.45, 2.75) is 13.3 Å². The molecule has 140 valence electrons. The van der Waals surface area contributed by atoms with Crippen LogP contribution in [0.1, 0.15) is 43.7 Å². The Hall–Kier alpha value is -3.22. The van der Waals surface area contributed by atoms with Gasteiger partial charge in [-0.15, -0.1) is 0 Å². The minimum atomic E-state index is -1.13. The van der Waals surface area contributed by atoms with Gasteiger partial charge >= 0.3 is 5.97 Å². The van der Waals surface area contributed by atoms with Crippen molar-refractivity contribution >= 4 is 17.8 Å². The van der Waals surface area contributed by atoms with Gasteiger partial charge in [0.2, 0.25) is 0 Å². The molecule has 0 spiro atoms. The zero-order valence-electron chi connectivity index (χ0n) is 15.1. The van der Waals surface area contributed by atoms with Gasteiger partial charge in [0.1, 0.15) is 5.69 Å². The lowest BCUT2D eigenvalue weighted by molar-refractivity contribution is 0.0535. The Morgan fingerprint density at radius 1 is 0.889 bits per heavy atom. The van der Waals surface area contributed by atoms with E-state index in [2.05, 4.69) is 11.9 Å². The van der Waals surface area contributed by atoms with E-state index in [0.29, 0.717) is 37.3 Å². The first kappa shape index (κ1) is 18.6. The molecule has 3 rings (SSSR count). The molecule has 0 aliphatic carbocycles. The lowest BCUT2D eigenvalue weighted by atomic mass is 10.1. The van der Waals surface area contributed by atoms with Crippen molar-refractivity contribution < 1.29 is 19.5 Å². The maximum absolute atomic E-state index is 12.6. The van der Waals surface area contributed by atoms with E-state index in [1.165, 1.54) is 23.9 Å². The highest BCUT2D eigenvalue weighted by molar-refractivity contribution is 5.96. The Kier molecular flexibility index (Phi) is 5.49. The number of rotatable bonds is 4. The molecule has 0 unspecified atom stereocenters. The molecular weight excluding hydrogens is 346 g/mol. The van der Waals surface area contributed by atoms with Gasteiger partial charge in [-0.1, -0.05) is 19.1 Å². The van der Waals surface area contributed by atoms with Crippen LogP contribution < -0.4 is 0 Å². The summed E-state index contributed by atoms with van der Waals surface area (Å²) in [5, 5.41) is 8.87. The molecule has 0 radical (unpaired) electrons. The van der Waals surface area contributed by atoms with E-state index in [1.807, 2.05) is 24.3 Å². The van der Waals surface area contributed by atoms with E-state index < -0.39 is 5.97 Å². The van der Waals surface area contributed by atoms with Crippen LogP contribution >= 0.6 is 0 Å². The first-order valence-corrected chi connectivity index (χ1v) is 8.86. The number of carbonyl (C=O) groups excluding carboxylic acids is 2. The van der Waals surface area contributed by atoms with E-state index in [0.717, 1.165) is 6.42 Å². The summed E-state index contributed by atoms with van der Waals surface area (Å²) >= 11 is 0. The average Bonchev–Trinajstić information content (AvgIpc) is 2.73. The number of benzene rings is 1. The largest absolute Gasteiger partial charge is 0.477 e. The topological polar surface area (TPSA) is 90.8 Å². The van der Waals surface area contributed by atoms with E-state index in [4.69, 9.17) is 5.11 Å². The van der Waals surface area contributed by atoms with Gasteiger partial charge in [-0.2, -0.15) is 0 Å². The zero-order chi connectivity index (χ0) is 19.4. The number of hydrogen-bond acceptors (Lipinski definition) is 4. The van der Waals surface area contributed by atoms with Crippen LogP contribution in [0.5, 0.6) is 0 Å². The number of piperazine rings is 1. The second-order valence-corrected chi connectivity index (χ2v) is 6.37. The van der Waals surface area contributed by atoms with Crippen molar-refractivity contribution in [3.63, 3.8) is 0 Å². The number of aromatic nitrogens is 1. The van der Waals surface area contributed by atoms with Crippen LogP contribution in [-0.2, 0) is 6.42 Å². The van der Waals surface area contributed by atoms with E-state index in [9.17, 15) is 14.4 Å². The van der Waals surface area contributed by atoms with Gasteiger partial charge in [-0.25, -0.2) is 9.78 Å². The fourth-order valence-corrected chi connectivity index (χ4v) is 3.01. The Bertz CT molecular complexity index is 839. The van der Waals surface area contributed by atoms with E-state index >= 15 is 0 Å². The van der Waals surface area contributed by atoms with Crippen LogP contribution in [0, 0.1) is 0 Å². The number of aromatic carboxylic acids is 1. The molecule has 7 heteroatoms. The van der Waals surface area contributed by atoms with E-state index in [-0.39, 0.29) is 17.5 Å². The second kappa shape index (κ2) is 7.99. The lowest BCUT2D eigenvalue weighted by Gasteiger charge is -2.34. The number of carbonyl (C=O) groups is 3.